The Balaban J connectivity index is 2.83. The molecule has 2 amide bonds. The molecule has 0 N–H and O–H groups in total. The van der Waals surface area contributed by atoms with E-state index in [1.165, 1.54) is 11.9 Å². The van der Waals surface area contributed by atoms with E-state index in [0.717, 1.165) is 4.42 Å². The van der Waals surface area contributed by atoms with Gasteiger partial charge in [0.1, 0.15) is 11.6 Å². The molecule has 1 saturated heterocycles. The SMILES string of the molecule is CN1C(=O)N(Cl)CCC1=C=O. The molecule has 1 aliphatic rings. The van der Waals surface area contributed by atoms with E-state index in [0.29, 0.717) is 18.7 Å². The molecule has 0 aliphatic carbocycles. The number of rotatable bonds is 0. The average Bonchev–Trinajstić information content (AvgIpc) is 2.01. The summed E-state index contributed by atoms with van der Waals surface area (Å²) in [7, 11) is 1.50. The lowest BCUT2D eigenvalue weighted by Gasteiger charge is -2.28. The summed E-state index contributed by atoms with van der Waals surface area (Å²) < 4.78 is 1.04. The van der Waals surface area contributed by atoms with Crippen molar-refractivity contribution in [1.29, 1.82) is 0 Å². The Bertz CT molecular complexity index is 235. The van der Waals surface area contributed by atoms with Gasteiger partial charge >= 0.3 is 6.03 Å². The van der Waals surface area contributed by atoms with Crippen LogP contribution in [0.5, 0.6) is 0 Å². The smallest absolute Gasteiger partial charge is 0.290 e. The maximum Gasteiger partial charge on any atom is 0.339 e. The van der Waals surface area contributed by atoms with Gasteiger partial charge in [-0.2, -0.15) is 0 Å². The Hall–Kier alpha value is -0.990. The summed E-state index contributed by atoms with van der Waals surface area (Å²) >= 11 is 5.48. The van der Waals surface area contributed by atoms with Crippen molar-refractivity contribution in [3.8, 4) is 0 Å². The van der Waals surface area contributed by atoms with Crippen LogP contribution in [0.25, 0.3) is 0 Å². The van der Waals surface area contributed by atoms with E-state index in [1.54, 1.807) is 5.94 Å². The molecule has 0 aromatic heterocycles. The monoisotopic (exact) mass is 174 g/mol. The summed E-state index contributed by atoms with van der Waals surface area (Å²) in [5, 5.41) is 0. The predicted octanol–water partition coefficient (Wildman–Crippen LogP) is 0.613. The maximum absolute atomic E-state index is 11.0. The molecular formula is C6H7ClN2O2. The highest BCUT2D eigenvalue weighted by Gasteiger charge is 2.25. The number of halogens is 1. The Kier molecular flexibility index (Phi) is 2.17. The zero-order chi connectivity index (χ0) is 8.43. The second kappa shape index (κ2) is 2.95. The highest BCUT2D eigenvalue weighted by molar-refractivity contribution is 6.21. The summed E-state index contributed by atoms with van der Waals surface area (Å²) in [5.41, 5.74) is 0.354. The van der Waals surface area contributed by atoms with Crippen LogP contribution < -0.4 is 0 Å². The van der Waals surface area contributed by atoms with Crippen LogP contribution in [-0.4, -0.2) is 34.9 Å². The second-order valence-electron chi connectivity index (χ2n) is 2.23. The lowest BCUT2D eigenvalue weighted by molar-refractivity contribution is 0.189. The molecule has 60 valence electrons. The van der Waals surface area contributed by atoms with Gasteiger partial charge < -0.3 is 0 Å². The summed E-state index contributed by atoms with van der Waals surface area (Å²) in [4.78, 5) is 22.4. The van der Waals surface area contributed by atoms with Gasteiger partial charge in [-0.3, -0.25) is 4.90 Å². The lowest BCUT2D eigenvalue weighted by Crippen LogP contribution is -2.41. The van der Waals surface area contributed by atoms with E-state index in [4.69, 9.17) is 11.8 Å². The van der Waals surface area contributed by atoms with Crippen molar-refractivity contribution in [1.82, 2.24) is 9.32 Å². The topological polar surface area (TPSA) is 40.6 Å². The van der Waals surface area contributed by atoms with Crippen LogP contribution in [0, 0.1) is 0 Å². The number of carbonyl (C=O) groups is 1. The van der Waals surface area contributed by atoms with Crippen molar-refractivity contribution in [2.24, 2.45) is 0 Å². The maximum atomic E-state index is 11.0. The van der Waals surface area contributed by atoms with Crippen molar-refractivity contribution >= 4 is 23.7 Å². The first-order chi connectivity index (χ1) is 5.16. The third-order valence-electron chi connectivity index (χ3n) is 1.56. The molecule has 0 atom stereocenters. The first-order valence-electron chi connectivity index (χ1n) is 3.12. The zero-order valence-corrected chi connectivity index (χ0v) is 6.76. The molecule has 1 heterocycles. The molecule has 0 saturated carbocycles. The van der Waals surface area contributed by atoms with Crippen LogP contribution >= 0.6 is 11.8 Å². The largest absolute Gasteiger partial charge is 0.339 e. The molecule has 1 fully saturated rings. The van der Waals surface area contributed by atoms with Crippen molar-refractivity contribution < 1.29 is 9.59 Å². The van der Waals surface area contributed by atoms with Crippen LogP contribution in [-0.2, 0) is 4.79 Å². The summed E-state index contributed by atoms with van der Waals surface area (Å²) in [6, 6.07) is -0.378. The van der Waals surface area contributed by atoms with E-state index in [-0.39, 0.29) is 6.03 Å². The molecular weight excluding hydrogens is 168 g/mol. The van der Waals surface area contributed by atoms with E-state index in [9.17, 15) is 9.59 Å². The standard InChI is InChI=1S/C6H7ClN2O2/c1-8-5(4-10)2-3-9(7)6(8)11/h2-3H2,1H3. The molecule has 0 aromatic carbocycles. The van der Waals surface area contributed by atoms with Gasteiger partial charge in [0.15, 0.2) is 0 Å². The molecule has 0 aromatic rings. The van der Waals surface area contributed by atoms with Crippen molar-refractivity contribution in [2.75, 3.05) is 13.6 Å². The fraction of sp³-hybridized carbons (Fsp3) is 0.500. The Morgan fingerprint density at radius 3 is 2.82 bits per heavy atom. The minimum Gasteiger partial charge on any atom is -0.290 e. The highest BCUT2D eigenvalue weighted by Crippen LogP contribution is 2.16. The van der Waals surface area contributed by atoms with E-state index >= 15 is 0 Å². The number of nitrogens with zero attached hydrogens (tertiary/aromatic N) is 2. The lowest BCUT2D eigenvalue weighted by atomic mass is 10.3. The summed E-state index contributed by atoms with van der Waals surface area (Å²) in [5.74, 6) is 1.69. The first-order valence-corrected chi connectivity index (χ1v) is 3.45. The first kappa shape index (κ1) is 8.11. The molecule has 0 bridgehead atoms. The van der Waals surface area contributed by atoms with Crippen molar-refractivity contribution in [3.63, 3.8) is 0 Å². The molecule has 0 radical (unpaired) electrons. The molecule has 1 rings (SSSR count). The van der Waals surface area contributed by atoms with Gasteiger partial charge in [0.2, 0.25) is 0 Å². The third-order valence-corrected chi connectivity index (χ3v) is 1.88. The van der Waals surface area contributed by atoms with Crippen LogP contribution in [0.2, 0.25) is 0 Å². The Morgan fingerprint density at radius 2 is 2.27 bits per heavy atom. The Labute approximate surface area is 69.1 Å². The number of hydrogen-bond donors (Lipinski definition) is 0. The van der Waals surface area contributed by atoms with Gasteiger partial charge in [0.05, 0.1) is 0 Å². The molecule has 11 heavy (non-hydrogen) atoms. The molecule has 5 heteroatoms. The van der Waals surface area contributed by atoms with Gasteiger partial charge in [0.25, 0.3) is 0 Å². The predicted molar refractivity (Wildman–Crippen MR) is 39.5 cm³/mol. The number of carbonyl (C=O) groups excluding carboxylic acids is 2. The normalized spacial score (nSPS) is 18.7. The number of hydrogen-bond acceptors (Lipinski definition) is 2. The van der Waals surface area contributed by atoms with Crippen molar-refractivity contribution in [3.05, 3.63) is 5.70 Å². The van der Waals surface area contributed by atoms with Crippen LogP contribution in [0.3, 0.4) is 0 Å². The van der Waals surface area contributed by atoms with E-state index < -0.39 is 0 Å². The van der Waals surface area contributed by atoms with Gasteiger partial charge in [-0.15, -0.1) is 0 Å². The third kappa shape index (κ3) is 1.37. The minimum atomic E-state index is -0.378. The van der Waals surface area contributed by atoms with E-state index in [2.05, 4.69) is 0 Å². The zero-order valence-electron chi connectivity index (χ0n) is 6.00. The van der Waals surface area contributed by atoms with Gasteiger partial charge in [-0.1, -0.05) is 0 Å². The number of amides is 2. The average molecular weight is 175 g/mol. The fourth-order valence-electron chi connectivity index (χ4n) is 0.865. The van der Waals surface area contributed by atoms with Crippen LogP contribution in [0.4, 0.5) is 4.79 Å². The molecule has 4 nitrogen and oxygen atoms in total. The molecule has 0 unspecified atom stereocenters. The van der Waals surface area contributed by atoms with Gasteiger partial charge in [-0.25, -0.2) is 14.0 Å². The molecule has 1 aliphatic heterocycles. The Morgan fingerprint density at radius 1 is 1.64 bits per heavy atom. The summed E-state index contributed by atoms with van der Waals surface area (Å²) in [6.45, 7) is 0.370. The quantitative estimate of drug-likeness (QED) is 0.399. The van der Waals surface area contributed by atoms with Gasteiger partial charge in [0, 0.05) is 31.8 Å². The van der Waals surface area contributed by atoms with Crippen LogP contribution in [0.1, 0.15) is 6.42 Å². The molecule has 0 spiro atoms. The second-order valence-corrected chi connectivity index (χ2v) is 2.63. The van der Waals surface area contributed by atoms with E-state index in [1.807, 2.05) is 0 Å². The summed E-state index contributed by atoms with van der Waals surface area (Å²) in [6.07, 6.45) is 0.468. The van der Waals surface area contributed by atoms with Crippen molar-refractivity contribution in [2.45, 2.75) is 6.42 Å². The van der Waals surface area contributed by atoms with Crippen LogP contribution in [0.15, 0.2) is 5.70 Å². The number of urea groups is 1. The van der Waals surface area contributed by atoms with Gasteiger partial charge in [-0.05, 0) is 0 Å². The minimum absolute atomic E-state index is 0.354. The highest BCUT2D eigenvalue weighted by atomic mass is 35.5. The fourth-order valence-corrected chi connectivity index (χ4v) is 1.06.